The van der Waals surface area contributed by atoms with Crippen molar-refractivity contribution >= 4 is 8.32 Å². The van der Waals surface area contributed by atoms with Crippen LogP contribution in [0.5, 0.6) is 11.5 Å². The Morgan fingerprint density at radius 3 is 1.63 bits per heavy atom. The van der Waals surface area contributed by atoms with E-state index in [-0.39, 0.29) is 11.6 Å². The molecule has 0 aromatic heterocycles. The van der Waals surface area contributed by atoms with Gasteiger partial charge in [0.1, 0.15) is 11.5 Å². The highest BCUT2D eigenvalue weighted by Crippen LogP contribution is 2.37. The summed E-state index contributed by atoms with van der Waals surface area (Å²) in [5.74, 6) is 1.73. The third kappa shape index (κ3) is 10.0. The molecule has 0 fully saturated rings. The standard InChI is InChI=1S/C17H28O2Si.C11H14O2.CH4O/c1-8-10-15-14(11-9-12-16(15)18-5)13-19-20(6,7)17(2,3)4;1-3-5-10-9(8-12)6-4-7-11(10)13-2;1-2/h8-9,11-12H,1,10,13H2,2-7H3;3-4,6-7,12H,1,5,8H2,2H3;2H,1H3. The fraction of sp³-hybridized carbons (Fsp3) is 0.448. The van der Waals surface area contributed by atoms with E-state index < -0.39 is 8.32 Å². The van der Waals surface area contributed by atoms with Crippen LogP contribution in [0.3, 0.4) is 0 Å². The first-order valence-electron chi connectivity index (χ1n) is 11.8. The van der Waals surface area contributed by atoms with Crippen LogP contribution in [0.2, 0.25) is 18.1 Å². The summed E-state index contributed by atoms with van der Waals surface area (Å²) in [5, 5.41) is 16.3. The number of hydrogen-bond acceptors (Lipinski definition) is 5. The van der Waals surface area contributed by atoms with Crippen LogP contribution in [0, 0.1) is 0 Å². The Morgan fingerprint density at radius 2 is 1.26 bits per heavy atom. The third-order valence-corrected chi connectivity index (χ3v) is 10.6. The molecule has 2 rings (SSSR count). The molecule has 2 N–H and O–H groups in total. The summed E-state index contributed by atoms with van der Waals surface area (Å²) in [5.41, 5.74) is 4.31. The quantitative estimate of drug-likeness (QED) is 0.288. The maximum atomic E-state index is 9.08. The summed E-state index contributed by atoms with van der Waals surface area (Å²) in [6.07, 6.45) is 5.24. The molecule has 0 unspecified atom stereocenters. The maximum Gasteiger partial charge on any atom is 0.192 e. The molecule has 2 aromatic carbocycles. The Bertz CT molecular complexity index is 878. The van der Waals surface area contributed by atoms with Crippen molar-refractivity contribution in [3.8, 4) is 11.5 Å². The molecule has 0 saturated heterocycles. The average molecular weight is 503 g/mol. The second-order valence-electron chi connectivity index (χ2n) is 9.39. The van der Waals surface area contributed by atoms with Crippen LogP contribution >= 0.6 is 0 Å². The van der Waals surface area contributed by atoms with Gasteiger partial charge in [-0.3, -0.25) is 0 Å². The van der Waals surface area contributed by atoms with E-state index in [4.69, 9.17) is 24.1 Å². The molecule has 0 atom stereocenters. The number of benzene rings is 2. The summed E-state index contributed by atoms with van der Waals surface area (Å²) in [7, 11) is 2.61. The maximum absolute atomic E-state index is 9.08. The molecule has 0 amide bonds. The number of hydrogen-bond donors (Lipinski definition) is 2. The van der Waals surface area contributed by atoms with Crippen LogP contribution < -0.4 is 9.47 Å². The van der Waals surface area contributed by atoms with Crippen LogP contribution in [0.4, 0.5) is 0 Å². The lowest BCUT2D eigenvalue weighted by molar-refractivity contribution is 0.274. The molecule has 2 aromatic rings. The van der Waals surface area contributed by atoms with Gasteiger partial charge < -0.3 is 24.1 Å². The zero-order valence-electron chi connectivity index (χ0n) is 23.0. The second kappa shape index (κ2) is 16.3. The molecule has 0 spiro atoms. The lowest BCUT2D eigenvalue weighted by Crippen LogP contribution is -2.40. The molecule has 0 saturated carbocycles. The van der Waals surface area contributed by atoms with Crippen molar-refractivity contribution in [3.63, 3.8) is 0 Å². The van der Waals surface area contributed by atoms with E-state index in [1.165, 1.54) is 11.1 Å². The minimum absolute atomic E-state index is 0.0420. The highest BCUT2D eigenvalue weighted by Gasteiger charge is 2.37. The predicted molar refractivity (Wildman–Crippen MR) is 150 cm³/mol. The van der Waals surface area contributed by atoms with Crippen molar-refractivity contribution in [3.05, 3.63) is 84.0 Å². The van der Waals surface area contributed by atoms with E-state index in [1.54, 1.807) is 20.3 Å². The predicted octanol–water partition coefficient (Wildman–Crippen LogP) is 6.47. The monoisotopic (exact) mass is 502 g/mol. The number of aliphatic hydroxyl groups excluding tert-OH is 2. The van der Waals surface area contributed by atoms with Gasteiger partial charge in [0, 0.05) is 18.2 Å². The van der Waals surface area contributed by atoms with Gasteiger partial charge in [-0.1, -0.05) is 57.2 Å². The number of allylic oxidation sites excluding steroid dienone is 2. The van der Waals surface area contributed by atoms with E-state index in [2.05, 4.69) is 53.1 Å². The van der Waals surface area contributed by atoms with Gasteiger partial charge >= 0.3 is 0 Å². The Balaban J connectivity index is 0.000000665. The normalized spacial score (nSPS) is 10.8. The molecule has 5 nitrogen and oxygen atoms in total. The lowest BCUT2D eigenvalue weighted by Gasteiger charge is -2.36. The summed E-state index contributed by atoms with van der Waals surface area (Å²) in [4.78, 5) is 0. The van der Waals surface area contributed by atoms with Gasteiger partial charge in [-0.05, 0) is 54.2 Å². The van der Waals surface area contributed by atoms with Gasteiger partial charge in [-0.15, -0.1) is 13.2 Å². The first kappa shape index (κ1) is 32.6. The van der Waals surface area contributed by atoms with Crippen LogP contribution in [0.15, 0.2) is 61.7 Å². The Kier molecular flexibility index (Phi) is 15.2. The summed E-state index contributed by atoms with van der Waals surface area (Å²) in [6.45, 7) is 19.5. The van der Waals surface area contributed by atoms with Gasteiger partial charge in [0.25, 0.3) is 0 Å². The summed E-state index contributed by atoms with van der Waals surface area (Å²) in [6, 6.07) is 11.8. The fourth-order valence-electron chi connectivity index (χ4n) is 3.11. The van der Waals surface area contributed by atoms with E-state index in [0.717, 1.165) is 42.6 Å². The SMILES string of the molecule is C=CCc1c(CO)cccc1OC.C=CCc1c(CO[Si](C)(C)C(C)(C)C)cccc1OC.CO. The van der Waals surface area contributed by atoms with E-state index in [9.17, 15) is 0 Å². The number of ether oxygens (including phenoxy) is 2. The number of methoxy groups -OCH3 is 2. The molecule has 0 bridgehead atoms. The topological polar surface area (TPSA) is 68.2 Å². The van der Waals surface area contributed by atoms with Gasteiger partial charge in [-0.25, -0.2) is 0 Å². The molecule has 0 radical (unpaired) electrons. The molecular weight excluding hydrogens is 456 g/mol. The first-order valence-corrected chi connectivity index (χ1v) is 14.7. The van der Waals surface area contributed by atoms with Crippen molar-refractivity contribution in [2.75, 3.05) is 21.3 Å². The van der Waals surface area contributed by atoms with Gasteiger partial charge in [0.15, 0.2) is 8.32 Å². The van der Waals surface area contributed by atoms with Gasteiger partial charge in [-0.2, -0.15) is 0 Å². The Hall–Kier alpha value is -2.38. The van der Waals surface area contributed by atoms with Gasteiger partial charge in [0.05, 0.1) is 27.4 Å². The highest BCUT2D eigenvalue weighted by molar-refractivity contribution is 6.74. The van der Waals surface area contributed by atoms with Crippen LogP contribution in [-0.4, -0.2) is 39.9 Å². The Morgan fingerprint density at radius 1 is 0.829 bits per heavy atom. The summed E-state index contributed by atoms with van der Waals surface area (Å²) >= 11 is 0. The molecule has 0 heterocycles. The van der Waals surface area contributed by atoms with Crippen molar-refractivity contribution in [1.82, 2.24) is 0 Å². The van der Waals surface area contributed by atoms with Crippen molar-refractivity contribution in [2.45, 2.75) is 65.0 Å². The van der Waals surface area contributed by atoms with E-state index in [1.807, 2.05) is 36.4 Å². The molecule has 6 heteroatoms. The minimum Gasteiger partial charge on any atom is -0.496 e. The fourth-order valence-corrected chi connectivity index (χ4v) is 4.06. The highest BCUT2D eigenvalue weighted by atomic mass is 28.4. The van der Waals surface area contributed by atoms with Crippen LogP contribution in [-0.2, 0) is 30.5 Å². The molecular formula is C29H46O5Si. The first-order chi connectivity index (χ1) is 16.6. The van der Waals surface area contributed by atoms with Crippen LogP contribution in [0.25, 0.3) is 0 Å². The minimum atomic E-state index is -1.73. The van der Waals surface area contributed by atoms with Crippen LogP contribution in [0.1, 0.15) is 43.0 Å². The zero-order valence-corrected chi connectivity index (χ0v) is 24.0. The molecule has 0 aliphatic rings. The lowest BCUT2D eigenvalue weighted by atomic mass is 10.0. The zero-order chi connectivity index (χ0) is 27.1. The number of rotatable bonds is 10. The largest absolute Gasteiger partial charge is 0.496 e. The van der Waals surface area contributed by atoms with Crippen molar-refractivity contribution in [1.29, 1.82) is 0 Å². The summed E-state index contributed by atoms with van der Waals surface area (Å²) < 4.78 is 16.9. The van der Waals surface area contributed by atoms with E-state index >= 15 is 0 Å². The Labute approximate surface area is 214 Å². The van der Waals surface area contributed by atoms with Crippen molar-refractivity contribution < 1.29 is 24.1 Å². The molecule has 35 heavy (non-hydrogen) atoms. The van der Waals surface area contributed by atoms with Gasteiger partial charge in [0.2, 0.25) is 0 Å². The smallest absolute Gasteiger partial charge is 0.192 e. The second-order valence-corrected chi connectivity index (χ2v) is 14.2. The molecule has 0 aliphatic carbocycles. The number of aliphatic hydroxyl groups is 2. The van der Waals surface area contributed by atoms with E-state index in [0.29, 0.717) is 6.61 Å². The average Bonchev–Trinajstić information content (AvgIpc) is 2.84. The molecule has 196 valence electrons. The molecule has 0 aliphatic heterocycles. The third-order valence-electron chi connectivity index (χ3n) is 6.16. The van der Waals surface area contributed by atoms with Crippen molar-refractivity contribution in [2.24, 2.45) is 0 Å².